The molecule has 0 saturated carbocycles. The van der Waals surface area contributed by atoms with Gasteiger partial charge in [0.2, 0.25) is 0 Å². The lowest BCUT2D eigenvalue weighted by Gasteiger charge is -2.33. The van der Waals surface area contributed by atoms with Crippen LogP contribution in [0.1, 0.15) is 53.9 Å². The highest BCUT2D eigenvalue weighted by Crippen LogP contribution is 2.49. The predicted octanol–water partition coefficient (Wildman–Crippen LogP) is 11.8. The maximum atomic E-state index is 6.07. The molecule has 7 aromatic carbocycles. The maximum absolute atomic E-state index is 6.07. The fraction of sp³-hybridized carbons (Fsp3) is 0.102. The van der Waals surface area contributed by atoms with E-state index in [-0.39, 0.29) is 17.6 Å². The van der Waals surface area contributed by atoms with Crippen molar-refractivity contribution in [2.45, 2.75) is 31.5 Å². The molecule has 0 saturated heterocycles. The van der Waals surface area contributed by atoms with Crippen molar-refractivity contribution < 1.29 is 4.42 Å². The first-order valence-corrected chi connectivity index (χ1v) is 18.0. The molecule has 0 spiro atoms. The molecule has 1 aromatic heterocycles. The molecule has 0 amide bonds. The lowest BCUT2D eigenvalue weighted by atomic mass is 9.81. The summed E-state index contributed by atoms with van der Waals surface area (Å²) < 4.78 is 6.07. The molecule has 2 aliphatic rings. The average Bonchev–Trinajstić information content (AvgIpc) is 3.70. The van der Waals surface area contributed by atoms with E-state index in [1.54, 1.807) is 0 Å². The van der Waals surface area contributed by atoms with Crippen LogP contribution in [0.3, 0.4) is 0 Å². The van der Waals surface area contributed by atoms with Crippen molar-refractivity contribution in [3.05, 3.63) is 198 Å². The summed E-state index contributed by atoms with van der Waals surface area (Å²) in [6, 6.07) is 60.7. The summed E-state index contributed by atoms with van der Waals surface area (Å²) in [5, 5.41) is 9.90. The van der Waals surface area contributed by atoms with Gasteiger partial charge in [-0.1, -0.05) is 147 Å². The molecule has 0 radical (unpaired) electrons. The van der Waals surface area contributed by atoms with E-state index >= 15 is 0 Å². The Morgan fingerprint density at radius 2 is 1.29 bits per heavy atom. The van der Waals surface area contributed by atoms with Gasteiger partial charge in [0.15, 0.2) is 5.58 Å². The Bertz CT molecular complexity index is 2650. The lowest BCUT2D eigenvalue weighted by Crippen LogP contribution is -2.39. The number of furan rings is 1. The minimum absolute atomic E-state index is 0.0245. The Morgan fingerprint density at radius 3 is 2.12 bits per heavy atom. The molecule has 0 fully saturated rings. The summed E-state index contributed by atoms with van der Waals surface area (Å²) in [6.07, 6.45) is 2.31. The third kappa shape index (κ3) is 4.95. The fourth-order valence-corrected chi connectivity index (χ4v) is 8.33. The number of rotatable bonds is 5. The number of nitrogens with one attached hydrogen (secondary N) is 2. The smallest absolute Gasteiger partial charge is 0.185 e. The summed E-state index contributed by atoms with van der Waals surface area (Å²) in [4.78, 5) is 0. The van der Waals surface area contributed by atoms with Crippen LogP contribution >= 0.6 is 0 Å². The van der Waals surface area contributed by atoms with Crippen molar-refractivity contribution in [3.8, 4) is 33.4 Å². The van der Waals surface area contributed by atoms with Crippen LogP contribution in [-0.4, -0.2) is 0 Å². The molecule has 248 valence electrons. The van der Waals surface area contributed by atoms with Gasteiger partial charge in [-0.05, 0) is 97.6 Å². The van der Waals surface area contributed by atoms with E-state index in [4.69, 9.17) is 4.42 Å². The topological polar surface area (TPSA) is 37.2 Å². The van der Waals surface area contributed by atoms with Crippen molar-refractivity contribution >= 4 is 27.6 Å². The highest BCUT2D eigenvalue weighted by atomic mass is 16.3. The Labute approximate surface area is 304 Å². The van der Waals surface area contributed by atoms with Gasteiger partial charge < -0.3 is 9.73 Å². The van der Waals surface area contributed by atoms with Gasteiger partial charge in [-0.25, -0.2) is 0 Å². The molecule has 2 N–H and O–H groups in total. The first kappa shape index (κ1) is 30.5. The van der Waals surface area contributed by atoms with Gasteiger partial charge in [-0.2, -0.15) is 0 Å². The van der Waals surface area contributed by atoms with Crippen molar-refractivity contribution in [1.29, 1.82) is 0 Å². The summed E-state index contributed by atoms with van der Waals surface area (Å²) in [6.45, 7) is 4.69. The fourth-order valence-electron chi connectivity index (χ4n) is 8.33. The van der Waals surface area contributed by atoms with E-state index in [0.29, 0.717) is 0 Å². The van der Waals surface area contributed by atoms with Crippen LogP contribution in [0, 0.1) is 12.1 Å². The minimum Gasteiger partial charge on any atom is -0.447 e. The molecular weight excluding hydrogens is 633 g/mol. The van der Waals surface area contributed by atoms with Gasteiger partial charge in [0.1, 0.15) is 11.7 Å². The predicted molar refractivity (Wildman–Crippen MR) is 212 cm³/mol. The highest BCUT2D eigenvalue weighted by Gasteiger charge is 2.35. The van der Waals surface area contributed by atoms with Crippen molar-refractivity contribution in [1.82, 2.24) is 10.6 Å². The lowest BCUT2D eigenvalue weighted by molar-refractivity contribution is 0.442. The second kappa shape index (κ2) is 11.9. The zero-order valence-corrected chi connectivity index (χ0v) is 29.1. The SMILES string of the molecule is CC1(C)c2ccccc2-c2ccc(C3=CC(c4ccc(-c5ccc(-c6cccc7oc8c#cccc8c67)cc5)cc4)NC(c4ccccc4)N3)cc21. The van der Waals surface area contributed by atoms with Crippen LogP contribution in [0.2, 0.25) is 0 Å². The molecule has 3 nitrogen and oxygen atoms in total. The van der Waals surface area contributed by atoms with E-state index in [0.717, 1.165) is 38.8 Å². The van der Waals surface area contributed by atoms with E-state index in [9.17, 15) is 0 Å². The zero-order chi connectivity index (χ0) is 34.8. The van der Waals surface area contributed by atoms with Gasteiger partial charge >= 0.3 is 0 Å². The number of benzene rings is 6. The molecule has 8 aromatic rings. The first-order chi connectivity index (χ1) is 25.5. The molecular formula is C49H36N2O. The molecule has 52 heavy (non-hydrogen) atoms. The van der Waals surface area contributed by atoms with Gasteiger partial charge in [0.05, 0.1) is 6.04 Å². The van der Waals surface area contributed by atoms with Crippen molar-refractivity contribution in [2.75, 3.05) is 0 Å². The van der Waals surface area contributed by atoms with Crippen LogP contribution in [0.4, 0.5) is 0 Å². The van der Waals surface area contributed by atoms with Crippen LogP contribution in [0.25, 0.3) is 61.0 Å². The first-order valence-electron chi connectivity index (χ1n) is 18.0. The number of hydrogen-bond donors (Lipinski definition) is 2. The largest absolute Gasteiger partial charge is 0.447 e. The minimum atomic E-state index is -0.0553. The summed E-state index contributed by atoms with van der Waals surface area (Å²) >= 11 is 0. The van der Waals surface area contributed by atoms with Crippen LogP contribution in [-0.2, 0) is 5.41 Å². The molecule has 3 heteroatoms. The van der Waals surface area contributed by atoms with E-state index in [2.05, 4.69) is 182 Å². The highest BCUT2D eigenvalue weighted by molar-refractivity contribution is 6.12. The van der Waals surface area contributed by atoms with Crippen LogP contribution in [0.15, 0.2) is 162 Å². The number of fused-ring (bicyclic) bond motifs is 6. The average molecular weight is 669 g/mol. The van der Waals surface area contributed by atoms with Crippen LogP contribution < -0.4 is 10.6 Å². The second-order valence-electron chi connectivity index (χ2n) is 14.5. The molecule has 10 rings (SSSR count). The Kier molecular flexibility index (Phi) is 6.96. The summed E-state index contributed by atoms with van der Waals surface area (Å²) in [5.41, 5.74) is 16.5. The normalized spacial score (nSPS) is 17.2. The van der Waals surface area contributed by atoms with Gasteiger partial charge in [0.25, 0.3) is 0 Å². The van der Waals surface area contributed by atoms with E-state index in [1.165, 1.54) is 50.1 Å². The quantitative estimate of drug-likeness (QED) is 0.192. The third-order valence-electron chi connectivity index (χ3n) is 11.1. The zero-order valence-electron chi connectivity index (χ0n) is 29.1. The van der Waals surface area contributed by atoms with E-state index in [1.807, 2.05) is 12.1 Å². The third-order valence-corrected chi connectivity index (χ3v) is 11.1. The van der Waals surface area contributed by atoms with Gasteiger partial charge in [0, 0.05) is 21.9 Å². The summed E-state index contributed by atoms with van der Waals surface area (Å²) in [7, 11) is 0. The van der Waals surface area contributed by atoms with Gasteiger partial charge in [-0.15, -0.1) is 0 Å². The second-order valence-corrected chi connectivity index (χ2v) is 14.5. The van der Waals surface area contributed by atoms with Crippen molar-refractivity contribution in [3.63, 3.8) is 0 Å². The Hall–Kier alpha value is -6.34. The Balaban J connectivity index is 0.969. The molecule has 2 atom stereocenters. The van der Waals surface area contributed by atoms with Crippen LogP contribution in [0.5, 0.6) is 0 Å². The molecule has 0 bridgehead atoms. The van der Waals surface area contributed by atoms with E-state index < -0.39 is 0 Å². The number of hydrogen-bond acceptors (Lipinski definition) is 3. The molecule has 1 aliphatic carbocycles. The molecule has 2 heterocycles. The van der Waals surface area contributed by atoms with Gasteiger partial charge in [-0.3, -0.25) is 5.32 Å². The monoisotopic (exact) mass is 668 g/mol. The maximum Gasteiger partial charge on any atom is 0.185 e. The molecule has 1 aliphatic heterocycles. The standard InChI is InChI=1S/C49H36N2O/c1-49(2)41-16-8-6-13-38(41)39-28-27-36(29-42(39)49)44-30-43(50-48(51-44)35-11-4-3-5-12-35)34-25-21-32(22-26-34)31-19-23-33(24-20-31)37-15-10-18-46-47(37)40-14-7-9-17-45(40)52-46/h3-8,10-16,18-30,43,48,50-51H,1-2H3. The summed E-state index contributed by atoms with van der Waals surface area (Å²) in [5.74, 6) is 0. The molecule has 2 unspecified atom stereocenters. The van der Waals surface area contributed by atoms with Crippen molar-refractivity contribution in [2.24, 2.45) is 0 Å². The Morgan fingerprint density at radius 1 is 0.596 bits per heavy atom.